The predicted molar refractivity (Wildman–Crippen MR) is 83.7 cm³/mol. The van der Waals surface area contributed by atoms with Crippen molar-refractivity contribution in [2.24, 2.45) is 0 Å². The van der Waals surface area contributed by atoms with Gasteiger partial charge in [-0.2, -0.15) is 18.2 Å². The lowest BCUT2D eigenvalue weighted by Crippen LogP contribution is -2.04. The number of halogens is 3. The second kappa shape index (κ2) is 6.31. The Morgan fingerprint density at radius 3 is 2.42 bits per heavy atom. The van der Waals surface area contributed by atoms with Gasteiger partial charge < -0.3 is 4.74 Å². The number of benzene rings is 2. The molecule has 0 saturated heterocycles. The number of rotatable bonds is 3. The van der Waals surface area contributed by atoms with Crippen LogP contribution in [-0.4, -0.2) is 9.97 Å². The maximum atomic E-state index is 12.7. The topological polar surface area (TPSA) is 35.0 Å². The molecule has 3 aromatic rings. The first-order chi connectivity index (χ1) is 11.4. The molecule has 0 unspecified atom stereocenters. The predicted octanol–water partition coefficient (Wildman–Crippen LogP) is 5.26. The zero-order valence-electron chi connectivity index (χ0n) is 12.7. The smallest absolute Gasteiger partial charge is 0.416 e. The van der Waals surface area contributed by atoms with Crippen molar-refractivity contribution in [2.75, 3.05) is 0 Å². The highest BCUT2D eigenvalue weighted by Crippen LogP contribution is 2.32. The maximum Gasteiger partial charge on any atom is 0.416 e. The number of hydrogen-bond acceptors (Lipinski definition) is 3. The lowest BCUT2D eigenvalue weighted by molar-refractivity contribution is -0.137. The molecule has 0 aliphatic carbocycles. The van der Waals surface area contributed by atoms with E-state index in [4.69, 9.17) is 4.74 Å². The average molecular weight is 330 g/mol. The first kappa shape index (κ1) is 16.0. The Hall–Kier alpha value is -2.89. The summed E-state index contributed by atoms with van der Waals surface area (Å²) in [5, 5.41) is 0. The lowest BCUT2D eigenvalue weighted by atomic mass is 10.1. The van der Waals surface area contributed by atoms with Crippen molar-refractivity contribution in [1.82, 2.24) is 9.97 Å². The molecule has 0 aliphatic rings. The van der Waals surface area contributed by atoms with Crippen LogP contribution in [0.4, 0.5) is 13.2 Å². The number of ether oxygens (including phenoxy) is 1. The zero-order chi connectivity index (χ0) is 17.2. The molecule has 0 N–H and O–H groups in total. The van der Waals surface area contributed by atoms with Crippen molar-refractivity contribution < 1.29 is 17.9 Å². The van der Waals surface area contributed by atoms with E-state index < -0.39 is 11.7 Å². The van der Waals surface area contributed by atoms with Gasteiger partial charge in [0.15, 0.2) is 5.82 Å². The number of aryl methyl sites for hydroxylation is 1. The molecule has 1 heterocycles. The van der Waals surface area contributed by atoms with Gasteiger partial charge in [0.2, 0.25) is 5.88 Å². The molecule has 0 amide bonds. The van der Waals surface area contributed by atoms with Gasteiger partial charge in [-0.1, -0.05) is 35.9 Å². The maximum absolute atomic E-state index is 12.7. The van der Waals surface area contributed by atoms with E-state index in [-0.39, 0.29) is 11.6 Å². The zero-order valence-corrected chi connectivity index (χ0v) is 12.7. The summed E-state index contributed by atoms with van der Waals surface area (Å²) in [5.74, 6) is 0.692. The van der Waals surface area contributed by atoms with Gasteiger partial charge >= 0.3 is 6.18 Å². The van der Waals surface area contributed by atoms with Gasteiger partial charge in [0, 0.05) is 17.8 Å². The number of aromatic nitrogens is 2. The van der Waals surface area contributed by atoms with Crippen LogP contribution in [-0.2, 0) is 6.18 Å². The molecular formula is C18H13F3N2O. The fourth-order valence-electron chi connectivity index (χ4n) is 2.10. The molecule has 1 aromatic heterocycles. The normalized spacial score (nSPS) is 11.3. The third-order valence-electron chi connectivity index (χ3n) is 3.32. The minimum Gasteiger partial charge on any atom is -0.439 e. The van der Waals surface area contributed by atoms with Crippen molar-refractivity contribution in [3.8, 4) is 23.0 Å². The van der Waals surface area contributed by atoms with Gasteiger partial charge in [-0.15, -0.1) is 0 Å². The Morgan fingerprint density at radius 1 is 0.958 bits per heavy atom. The van der Waals surface area contributed by atoms with E-state index in [1.54, 1.807) is 0 Å². The summed E-state index contributed by atoms with van der Waals surface area (Å²) in [4.78, 5) is 8.41. The molecule has 0 spiro atoms. The van der Waals surface area contributed by atoms with E-state index in [0.717, 1.165) is 23.3 Å². The quantitative estimate of drug-likeness (QED) is 0.657. The highest BCUT2D eigenvalue weighted by Gasteiger charge is 2.30. The SMILES string of the molecule is Cc1ccc(-c2nccc(Oc3cccc(C(F)(F)F)c3)n2)cc1. The van der Waals surface area contributed by atoms with Crippen molar-refractivity contribution in [3.05, 3.63) is 71.9 Å². The molecule has 0 atom stereocenters. The summed E-state index contributed by atoms with van der Waals surface area (Å²) in [7, 11) is 0. The average Bonchev–Trinajstić information content (AvgIpc) is 2.55. The van der Waals surface area contributed by atoms with Crippen LogP contribution in [0, 0.1) is 6.92 Å². The standard InChI is InChI=1S/C18H13F3N2O/c1-12-5-7-13(8-6-12)17-22-10-9-16(23-17)24-15-4-2-3-14(11-15)18(19,20)21/h2-11H,1H3. The van der Waals surface area contributed by atoms with Gasteiger partial charge in [0.1, 0.15) is 5.75 Å². The minimum atomic E-state index is -4.42. The molecule has 6 heteroatoms. The van der Waals surface area contributed by atoms with Crippen LogP contribution in [0.25, 0.3) is 11.4 Å². The van der Waals surface area contributed by atoms with Crippen molar-refractivity contribution >= 4 is 0 Å². The van der Waals surface area contributed by atoms with Crippen LogP contribution in [0.3, 0.4) is 0 Å². The van der Waals surface area contributed by atoms with Crippen LogP contribution >= 0.6 is 0 Å². The molecular weight excluding hydrogens is 317 g/mol. The van der Waals surface area contributed by atoms with Gasteiger partial charge in [-0.25, -0.2) is 4.98 Å². The Balaban J connectivity index is 1.86. The van der Waals surface area contributed by atoms with Gasteiger partial charge in [-0.3, -0.25) is 0 Å². The summed E-state index contributed by atoms with van der Waals surface area (Å²) in [6.07, 6.45) is -2.91. The van der Waals surface area contributed by atoms with E-state index in [1.165, 1.54) is 24.4 Å². The highest BCUT2D eigenvalue weighted by molar-refractivity contribution is 5.55. The number of hydrogen-bond donors (Lipinski definition) is 0. The fraction of sp³-hybridized carbons (Fsp3) is 0.111. The van der Waals surface area contributed by atoms with E-state index >= 15 is 0 Å². The number of alkyl halides is 3. The monoisotopic (exact) mass is 330 g/mol. The summed E-state index contributed by atoms with van der Waals surface area (Å²) in [6.45, 7) is 1.97. The number of nitrogens with zero attached hydrogens (tertiary/aromatic N) is 2. The minimum absolute atomic E-state index is 0.0679. The first-order valence-electron chi connectivity index (χ1n) is 7.17. The molecule has 0 aliphatic heterocycles. The van der Waals surface area contributed by atoms with Crippen molar-refractivity contribution in [3.63, 3.8) is 0 Å². The van der Waals surface area contributed by atoms with E-state index in [9.17, 15) is 13.2 Å². The molecule has 0 bridgehead atoms. The molecule has 24 heavy (non-hydrogen) atoms. The fourth-order valence-corrected chi connectivity index (χ4v) is 2.10. The molecule has 122 valence electrons. The Bertz CT molecular complexity index is 845. The second-order valence-corrected chi connectivity index (χ2v) is 5.21. The lowest BCUT2D eigenvalue weighted by Gasteiger charge is -2.10. The van der Waals surface area contributed by atoms with Gasteiger partial charge in [0.25, 0.3) is 0 Å². The summed E-state index contributed by atoms with van der Waals surface area (Å²) in [6, 6.07) is 13.8. The third-order valence-corrected chi connectivity index (χ3v) is 3.32. The van der Waals surface area contributed by atoms with Gasteiger partial charge in [0.05, 0.1) is 5.56 Å². The Morgan fingerprint density at radius 2 is 1.71 bits per heavy atom. The molecule has 0 radical (unpaired) electrons. The Labute approximate surface area is 136 Å². The molecule has 0 saturated carbocycles. The van der Waals surface area contributed by atoms with E-state index in [2.05, 4.69) is 9.97 Å². The van der Waals surface area contributed by atoms with Crippen LogP contribution in [0.15, 0.2) is 60.8 Å². The van der Waals surface area contributed by atoms with E-state index in [1.807, 2.05) is 31.2 Å². The summed E-state index contributed by atoms with van der Waals surface area (Å²) < 4.78 is 43.7. The van der Waals surface area contributed by atoms with Crippen LogP contribution < -0.4 is 4.74 Å². The van der Waals surface area contributed by atoms with Crippen molar-refractivity contribution in [1.29, 1.82) is 0 Å². The molecule has 0 fully saturated rings. The molecule has 2 aromatic carbocycles. The van der Waals surface area contributed by atoms with Crippen molar-refractivity contribution in [2.45, 2.75) is 13.1 Å². The van der Waals surface area contributed by atoms with Gasteiger partial charge in [-0.05, 0) is 25.1 Å². The molecule has 3 nitrogen and oxygen atoms in total. The Kier molecular flexibility index (Phi) is 4.20. The van der Waals surface area contributed by atoms with Crippen LogP contribution in [0.2, 0.25) is 0 Å². The van der Waals surface area contributed by atoms with E-state index in [0.29, 0.717) is 5.82 Å². The van der Waals surface area contributed by atoms with Crippen LogP contribution in [0.5, 0.6) is 11.6 Å². The molecule has 3 rings (SSSR count). The summed E-state index contributed by atoms with van der Waals surface area (Å²) >= 11 is 0. The highest BCUT2D eigenvalue weighted by atomic mass is 19.4. The first-order valence-corrected chi connectivity index (χ1v) is 7.17. The third kappa shape index (κ3) is 3.71. The van der Waals surface area contributed by atoms with Crippen LogP contribution in [0.1, 0.15) is 11.1 Å². The largest absolute Gasteiger partial charge is 0.439 e. The summed E-state index contributed by atoms with van der Waals surface area (Å²) in [5.41, 5.74) is 1.14. The second-order valence-electron chi connectivity index (χ2n) is 5.21.